The van der Waals surface area contributed by atoms with E-state index in [9.17, 15) is 0 Å². The molecule has 2 aliphatic rings. The van der Waals surface area contributed by atoms with E-state index in [0.29, 0.717) is 12.0 Å². The van der Waals surface area contributed by atoms with Gasteiger partial charge in [-0.25, -0.2) is 4.98 Å². The lowest BCUT2D eigenvalue weighted by Crippen LogP contribution is -2.28. The Hall–Kier alpha value is -1.05. The molecule has 0 N–H and O–H groups in total. The summed E-state index contributed by atoms with van der Waals surface area (Å²) in [6.45, 7) is 4.16. The molecular formula is C11H13NO. The van der Waals surface area contributed by atoms with E-state index in [1.54, 1.807) is 0 Å². The topological polar surface area (TPSA) is 22.1 Å². The Bertz CT molecular complexity index is 373. The molecule has 0 amide bonds. The Kier molecular flexibility index (Phi) is 1.27. The van der Waals surface area contributed by atoms with Crippen LogP contribution in [0, 0.1) is 13.8 Å². The SMILES string of the molecule is Cc1cc2c(nc1C)O[C@H]1CCC21. The first-order valence-electron chi connectivity index (χ1n) is 4.90. The van der Waals surface area contributed by atoms with Crippen molar-refractivity contribution in [2.45, 2.75) is 38.7 Å². The van der Waals surface area contributed by atoms with Gasteiger partial charge in [-0.2, -0.15) is 0 Å². The van der Waals surface area contributed by atoms with E-state index >= 15 is 0 Å². The van der Waals surface area contributed by atoms with Crippen molar-refractivity contribution in [3.63, 3.8) is 0 Å². The van der Waals surface area contributed by atoms with Gasteiger partial charge in [0.2, 0.25) is 5.88 Å². The molecule has 68 valence electrons. The summed E-state index contributed by atoms with van der Waals surface area (Å²) in [5, 5.41) is 0. The third-order valence-corrected chi connectivity index (χ3v) is 3.33. The summed E-state index contributed by atoms with van der Waals surface area (Å²) in [7, 11) is 0. The molecule has 3 rings (SSSR count). The summed E-state index contributed by atoms with van der Waals surface area (Å²) >= 11 is 0. The van der Waals surface area contributed by atoms with Crippen LogP contribution in [0.3, 0.4) is 0 Å². The van der Waals surface area contributed by atoms with Crippen LogP contribution in [0.5, 0.6) is 5.88 Å². The number of pyridine rings is 1. The van der Waals surface area contributed by atoms with Gasteiger partial charge in [0.05, 0.1) is 0 Å². The molecule has 0 saturated heterocycles. The van der Waals surface area contributed by atoms with E-state index in [2.05, 4.69) is 18.0 Å². The molecule has 0 spiro atoms. The summed E-state index contributed by atoms with van der Waals surface area (Å²) in [6.07, 6.45) is 2.93. The Morgan fingerprint density at radius 2 is 2.23 bits per heavy atom. The van der Waals surface area contributed by atoms with Crippen LogP contribution in [-0.4, -0.2) is 11.1 Å². The minimum atomic E-state index is 0.448. The van der Waals surface area contributed by atoms with Gasteiger partial charge in [0, 0.05) is 17.2 Å². The van der Waals surface area contributed by atoms with Gasteiger partial charge < -0.3 is 4.74 Å². The number of fused-ring (bicyclic) bond motifs is 3. The predicted molar refractivity (Wildman–Crippen MR) is 50.1 cm³/mol. The summed E-state index contributed by atoms with van der Waals surface area (Å²) < 4.78 is 5.73. The lowest BCUT2D eigenvalue weighted by atomic mass is 9.79. The number of hydrogen-bond donors (Lipinski definition) is 0. The number of nitrogens with zero attached hydrogens (tertiary/aromatic N) is 1. The fourth-order valence-corrected chi connectivity index (χ4v) is 2.17. The van der Waals surface area contributed by atoms with Crippen LogP contribution in [0.25, 0.3) is 0 Å². The van der Waals surface area contributed by atoms with Gasteiger partial charge >= 0.3 is 0 Å². The smallest absolute Gasteiger partial charge is 0.217 e. The molecule has 0 radical (unpaired) electrons. The van der Waals surface area contributed by atoms with Gasteiger partial charge in [-0.05, 0) is 38.3 Å². The monoisotopic (exact) mass is 175 g/mol. The van der Waals surface area contributed by atoms with Crippen molar-refractivity contribution < 1.29 is 4.74 Å². The van der Waals surface area contributed by atoms with Crippen molar-refractivity contribution in [2.24, 2.45) is 0 Å². The average Bonchev–Trinajstić information content (AvgIpc) is 2.26. The third-order valence-electron chi connectivity index (χ3n) is 3.33. The van der Waals surface area contributed by atoms with Gasteiger partial charge in [0.15, 0.2) is 0 Å². The van der Waals surface area contributed by atoms with E-state index in [4.69, 9.17) is 4.74 Å². The molecule has 1 fully saturated rings. The van der Waals surface area contributed by atoms with E-state index in [-0.39, 0.29) is 0 Å². The highest BCUT2D eigenvalue weighted by Gasteiger charge is 2.42. The van der Waals surface area contributed by atoms with Crippen molar-refractivity contribution in [1.82, 2.24) is 4.98 Å². The highest BCUT2D eigenvalue weighted by Crippen LogP contribution is 2.48. The maximum Gasteiger partial charge on any atom is 0.217 e. The molecule has 2 heterocycles. The average molecular weight is 175 g/mol. The van der Waals surface area contributed by atoms with E-state index < -0.39 is 0 Å². The van der Waals surface area contributed by atoms with Gasteiger partial charge in [0.25, 0.3) is 0 Å². The zero-order valence-electron chi connectivity index (χ0n) is 8.00. The third kappa shape index (κ3) is 0.859. The van der Waals surface area contributed by atoms with Crippen LogP contribution in [0.2, 0.25) is 0 Å². The van der Waals surface area contributed by atoms with Crippen molar-refractivity contribution in [3.8, 4) is 5.88 Å². The number of ether oxygens (including phenoxy) is 1. The van der Waals surface area contributed by atoms with E-state index in [0.717, 1.165) is 11.6 Å². The molecule has 2 nitrogen and oxygen atoms in total. The molecule has 0 bridgehead atoms. The van der Waals surface area contributed by atoms with Crippen molar-refractivity contribution in [2.75, 3.05) is 0 Å². The van der Waals surface area contributed by atoms with Crippen LogP contribution in [0.1, 0.15) is 35.6 Å². The first-order chi connectivity index (χ1) is 6.25. The van der Waals surface area contributed by atoms with Crippen molar-refractivity contribution in [3.05, 3.63) is 22.9 Å². The molecule has 2 atom stereocenters. The van der Waals surface area contributed by atoms with Crippen molar-refractivity contribution >= 4 is 0 Å². The molecule has 1 aromatic heterocycles. The maximum atomic E-state index is 5.73. The first kappa shape index (κ1) is 7.36. The maximum absolute atomic E-state index is 5.73. The largest absolute Gasteiger partial charge is 0.473 e. The number of aromatic nitrogens is 1. The molecule has 1 aliphatic heterocycles. The number of rotatable bonds is 0. The fourth-order valence-electron chi connectivity index (χ4n) is 2.17. The van der Waals surface area contributed by atoms with Crippen LogP contribution in [-0.2, 0) is 0 Å². The molecule has 1 saturated carbocycles. The second-order valence-corrected chi connectivity index (χ2v) is 4.13. The highest BCUT2D eigenvalue weighted by atomic mass is 16.5. The summed E-state index contributed by atoms with van der Waals surface area (Å²) in [4.78, 5) is 4.47. The van der Waals surface area contributed by atoms with Gasteiger partial charge in [-0.3, -0.25) is 0 Å². The van der Waals surface area contributed by atoms with Crippen LogP contribution in [0.4, 0.5) is 0 Å². The Balaban J connectivity index is 2.14. The van der Waals surface area contributed by atoms with Gasteiger partial charge in [0.1, 0.15) is 6.10 Å². The quantitative estimate of drug-likeness (QED) is 0.603. The molecular weight excluding hydrogens is 162 g/mol. The molecule has 1 unspecified atom stereocenters. The first-order valence-corrected chi connectivity index (χ1v) is 4.90. The normalized spacial score (nSPS) is 28.8. The highest BCUT2D eigenvalue weighted by molar-refractivity contribution is 5.41. The fraction of sp³-hybridized carbons (Fsp3) is 0.545. The minimum Gasteiger partial charge on any atom is -0.473 e. The van der Waals surface area contributed by atoms with Gasteiger partial charge in [-0.15, -0.1) is 0 Å². The Morgan fingerprint density at radius 1 is 1.38 bits per heavy atom. The molecule has 0 aromatic carbocycles. The van der Waals surface area contributed by atoms with Crippen LogP contribution in [0.15, 0.2) is 6.07 Å². The molecule has 1 aromatic rings. The lowest BCUT2D eigenvalue weighted by Gasteiger charge is -2.28. The van der Waals surface area contributed by atoms with Crippen molar-refractivity contribution in [1.29, 1.82) is 0 Å². The summed E-state index contributed by atoms with van der Waals surface area (Å²) in [5.74, 6) is 1.55. The lowest BCUT2D eigenvalue weighted by molar-refractivity contribution is 0.122. The standard InChI is InChI=1S/C11H13NO/c1-6-5-9-8-3-4-10(8)13-11(9)12-7(6)2/h5,8,10H,3-4H2,1-2H3/t8?,10-/m0/s1. The van der Waals surface area contributed by atoms with E-state index in [1.165, 1.54) is 24.0 Å². The number of hydrogen-bond acceptors (Lipinski definition) is 2. The summed E-state index contributed by atoms with van der Waals surface area (Å²) in [5.41, 5.74) is 3.73. The molecule has 2 heteroatoms. The van der Waals surface area contributed by atoms with Gasteiger partial charge in [-0.1, -0.05) is 0 Å². The Morgan fingerprint density at radius 3 is 2.92 bits per heavy atom. The zero-order valence-corrected chi connectivity index (χ0v) is 8.00. The summed E-state index contributed by atoms with van der Waals surface area (Å²) in [6, 6.07) is 2.25. The second kappa shape index (κ2) is 2.25. The predicted octanol–water partition coefficient (Wildman–Crippen LogP) is 2.34. The molecule has 13 heavy (non-hydrogen) atoms. The van der Waals surface area contributed by atoms with E-state index in [1.807, 2.05) is 6.92 Å². The van der Waals surface area contributed by atoms with Crippen LogP contribution >= 0.6 is 0 Å². The minimum absolute atomic E-state index is 0.448. The Labute approximate surface area is 77.9 Å². The second-order valence-electron chi connectivity index (χ2n) is 4.13. The molecule has 1 aliphatic carbocycles. The number of aryl methyl sites for hydroxylation is 2. The van der Waals surface area contributed by atoms with Crippen LogP contribution < -0.4 is 4.74 Å². The zero-order chi connectivity index (χ0) is 9.00.